The third-order valence-corrected chi connectivity index (χ3v) is 8.52. The van der Waals surface area contributed by atoms with Crippen LogP contribution in [0.2, 0.25) is 0 Å². The van der Waals surface area contributed by atoms with Crippen molar-refractivity contribution in [2.75, 3.05) is 40.0 Å². The molecule has 0 N–H and O–H groups in total. The van der Waals surface area contributed by atoms with Crippen LogP contribution < -0.4 is 0 Å². The Kier molecular flexibility index (Phi) is 8.48. The number of piperidine rings is 1. The lowest BCUT2D eigenvalue weighted by Crippen LogP contribution is -2.61. The molecule has 0 bridgehead atoms. The molecule has 3 aliphatic heterocycles. The number of esters is 1. The number of carbonyl (C=O) groups excluding carboxylic acids is 3. The molecule has 0 radical (unpaired) electrons. The highest BCUT2D eigenvalue weighted by molar-refractivity contribution is 5.92. The molecular formula is C29H44N2O6. The highest BCUT2D eigenvalue weighted by Crippen LogP contribution is 2.52. The number of hydrogen-bond acceptors (Lipinski definition) is 6. The van der Waals surface area contributed by atoms with Gasteiger partial charge in [-0.1, -0.05) is 32.4 Å². The van der Waals surface area contributed by atoms with Crippen LogP contribution in [0.3, 0.4) is 0 Å². The first-order valence-electron chi connectivity index (χ1n) is 13.9. The summed E-state index contributed by atoms with van der Waals surface area (Å²) in [6, 6.07) is 0. The first-order chi connectivity index (χ1) is 17.6. The number of nitrogens with zero attached hydrogens (tertiary/aromatic N) is 2. The molecule has 2 amide bonds. The monoisotopic (exact) mass is 516 g/mol. The Balaban J connectivity index is 1.71. The number of morpholine rings is 1. The van der Waals surface area contributed by atoms with Crippen molar-refractivity contribution < 1.29 is 28.6 Å². The van der Waals surface area contributed by atoms with Crippen molar-refractivity contribution in [2.45, 2.75) is 84.8 Å². The minimum Gasteiger partial charge on any atom is -0.468 e. The van der Waals surface area contributed by atoms with Crippen LogP contribution in [-0.4, -0.2) is 79.7 Å². The summed E-state index contributed by atoms with van der Waals surface area (Å²) in [6.07, 6.45) is 9.04. The Labute approximate surface area is 221 Å². The van der Waals surface area contributed by atoms with E-state index in [1.165, 1.54) is 25.5 Å². The van der Waals surface area contributed by atoms with Gasteiger partial charge in [0.1, 0.15) is 5.41 Å². The Morgan fingerprint density at radius 1 is 1.19 bits per heavy atom. The van der Waals surface area contributed by atoms with Gasteiger partial charge in [0.15, 0.2) is 0 Å². The molecular weight excluding hydrogens is 472 g/mol. The third kappa shape index (κ3) is 5.65. The molecule has 206 valence electrons. The summed E-state index contributed by atoms with van der Waals surface area (Å²) in [4.78, 5) is 44.4. The molecule has 4 rings (SSSR count). The number of methoxy groups -OCH3 is 1. The Morgan fingerprint density at radius 3 is 2.54 bits per heavy atom. The molecule has 4 aliphatic rings. The molecule has 8 heteroatoms. The molecule has 0 aromatic rings. The van der Waals surface area contributed by atoms with Gasteiger partial charge in [-0.2, -0.15) is 0 Å². The van der Waals surface area contributed by atoms with Gasteiger partial charge in [0.05, 0.1) is 32.5 Å². The van der Waals surface area contributed by atoms with Crippen LogP contribution >= 0.6 is 0 Å². The number of amides is 2. The number of allylic oxidation sites excluding steroid dienone is 1. The zero-order valence-electron chi connectivity index (χ0n) is 23.2. The number of fused-ring (bicyclic) bond motifs is 1. The summed E-state index contributed by atoms with van der Waals surface area (Å²) in [6.45, 7) is 10.7. The molecule has 2 fully saturated rings. The lowest BCUT2D eigenvalue weighted by molar-refractivity contribution is -0.180. The van der Waals surface area contributed by atoms with E-state index >= 15 is 0 Å². The first-order valence-corrected chi connectivity index (χ1v) is 13.9. The van der Waals surface area contributed by atoms with Crippen molar-refractivity contribution in [3.63, 3.8) is 0 Å². The molecule has 3 heterocycles. The summed E-state index contributed by atoms with van der Waals surface area (Å²) in [7, 11) is 1.39. The highest BCUT2D eigenvalue weighted by Gasteiger charge is 2.60. The minimum atomic E-state index is -1.14. The highest BCUT2D eigenvalue weighted by atomic mass is 16.5. The molecule has 4 atom stereocenters. The van der Waals surface area contributed by atoms with Crippen molar-refractivity contribution in [3.8, 4) is 0 Å². The average molecular weight is 517 g/mol. The number of ether oxygens (including phenoxy) is 3. The van der Waals surface area contributed by atoms with Gasteiger partial charge in [0.25, 0.3) is 0 Å². The van der Waals surface area contributed by atoms with Crippen LogP contribution in [0.25, 0.3) is 0 Å². The summed E-state index contributed by atoms with van der Waals surface area (Å²) in [5.74, 6) is -1.17. The van der Waals surface area contributed by atoms with Crippen LogP contribution in [0, 0.1) is 16.7 Å². The molecule has 0 aromatic carbocycles. The van der Waals surface area contributed by atoms with E-state index in [4.69, 9.17) is 14.2 Å². The maximum Gasteiger partial charge on any atom is 0.320 e. The molecule has 0 aromatic heterocycles. The Hall–Kier alpha value is -2.19. The zero-order chi connectivity index (χ0) is 26.8. The van der Waals surface area contributed by atoms with Crippen molar-refractivity contribution in [1.82, 2.24) is 9.80 Å². The van der Waals surface area contributed by atoms with E-state index in [1.54, 1.807) is 9.80 Å². The van der Waals surface area contributed by atoms with Crippen molar-refractivity contribution in [2.24, 2.45) is 16.7 Å². The standard InChI is InChI=1S/C29H44N2O6/c1-20-29(27(34)35-5)19-22(17-25(32)30-13-15-36-16-14-30)26(33)31(12-11-21-9-7-6-8-10-21)23(29)18-24(37-20)28(2,3)4/h9,18,20,22,24H,6-8,10-17,19H2,1-5H3/t20-,22+,24-,29+/m1/s1. The van der Waals surface area contributed by atoms with E-state index < -0.39 is 23.4 Å². The van der Waals surface area contributed by atoms with E-state index in [-0.39, 0.29) is 36.2 Å². The second-order valence-electron chi connectivity index (χ2n) is 12.0. The molecule has 0 unspecified atom stereocenters. The lowest BCUT2D eigenvalue weighted by Gasteiger charge is -2.53. The maximum absolute atomic E-state index is 14.1. The van der Waals surface area contributed by atoms with Gasteiger partial charge in [-0.15, -0.1) is 0 Å². The predicted octanol–water partition coefficient (Wildman–Crippen LogP) is 3.85. The van der Waals surface area contributed by atoms with E-state index in [1.807, 2.05) is 13.0 Å². The number of rotatable bonds is 6. The molecule has 8 nitrogen and oxygen atoms in total. The SMILES string of the molecule is COC(=O)[C@]12C[C@H](CC(=O)N3CCOCC3)C(=O)N(CCC3=CCCCC3)C1=C[C@H](C(C)(C)C)O[C@@H]2C. The summed E-state index contributed by atoms with van der Waals surface area (Å²) in [5.41, 5.74) is 0.700. The van der Waals surface area contributed by atoms with E-state index in [0.717, 1.165) is 19.3 Å². The normalized spacial score (nSPS) is 30.8. The van der Waals surface area contributed by atoms with Gasteiger partial charge in [0.2, 0.25) is 11.8 Å². The van der Waals surface area contributed by atoms with Crippen LogP contribution in [0.15, 0.2) is 23.4 Å². The smallest absolute Gasteiger partial charge is 0.320 e. The van der Waals surface area contributed by atoms with Gasteiger partial charge in [-0.05, 0) is 56.9 Å². The van der Waals surface area contributed by atoms with E-state index in [2.05, 4.69) is 26.8 Å². The predicted molar refractivity (Wildman–Crippen MR) is 139 cm³/mol. The largest absolute Gasteiger partial charge is 0.468 e. The average Bonchev–Trinajstić information content (AvgIpc) is 2.89. The minimum absolute atomic E-state index is 0.0685. The second kappa shape index (κ2) is 11.3. The van der Waals surface area contributed by atoms with Gasteiger partial charge in [-0.3, -0.25) is 14.4 Å². The van der Waals surface area contributed by atoms with Crippen molar-refractivity contribution in [3.05, 3.63) is 23.4 Å². The number of carbonyl (C=O) groups is 3. The van der Waals surface area contributed by atoms with E-state index in [9.17, 15) is 14.4 Å². The zero-order valence-corrected chi connectivity index (χ0v) is 23.2. The van der Waals surface area contributed by atoms with Crippen LogP contribution in [0.5, 0.6) is 0 Å². The molecule has 0 spiro atoms. The summed E-state index contributed by atoms with van der Waals surface area (Å²) in [5, 5.41) is 0. The first kappa shape index (κ1) is 27.8. The second-order valence-corrected chi connectivity index (χ2v) is 12.0. The molecule has 37 heavy (non-hydrogen) atoms. The quantitative estimate of drug-likeness (QED) is 0.394. The fraction of sp³-hybridized carbons (Fsp3) is 0.759. The number of hydrogen-bond donors (Lipinski definition) is 0. The Morgan fingerprint density at radius 2 is 1.92 bits per heavy atom. The topological polar surface area (TPSA) is 85.4 Å². The third-order valence-electron chi connectivity index (χ3n) is 8.52. The summed E-state index contributed by atoms with van der Waals surface area (Å²) >= 11 is 0. The van der Waals surface area contributed by atoms with Gasteiger partial charge < -0.3 is 24.0 Å². The van der Waals surface area contributed by atoms with Crippen LogP contribution in [0.1, 0.15) is 72.6 Å². The van der Waals surface area contributed by atoms with Gasteiger partial charge in [-0.25, -0.2) is 0 Å². The summed E-state index contributed by atoms with van der Waals surface area (Å²) < 4.78 is 17.2. The molecule has 2 saturated heterocycles. The molecule has 0 saturated carbocycles. The molecule has 1 aliphatic carbocycles. The van der Waals surface area contributed by atoms with Crippen LogP contribution in [0.4, 0.5) is 0 Å². The van der Waals surface area contributed by atoms with Crippen LogP contribution in [-0.2, 0) is 28.6 Å². The van der Waals surface area contributed by atoms with Gasteiger partial charge in [0, 0.05) is 37.7 Å². The Bertz CT molecular complexity index is 945. The fourth-order valence-electron chi connectivity index (χ4n) is 6.21. The number of likely N-dealkylation sites (tertiary alicyclic amines) is 1. The van der Waals surface area contributed by atoms with Gasteiger partial charge >= 0.3 is 5.97 Å². The van der Waals surface area contributed by atoms with E-state index in [0.29, 0.717) is 38.5 Å². The van der Waals surface area contributed by atoms with Crippen molar-refractivity contribution in [1.29, 1.82) is 0 Å². The van der Waals surface area contributed by atoms with Crippen molar-refractivity contribution >= 4 is 17.8 Å². The lowest BCUT2D eigenvalue weighted by atomic mass is 9.65. The maximum atomic E-state index is 14.1. The fourth-order valence-corrected chi connectivity index (χ4v) is 6.21.